The molecular weight excluding hydrogens is 534 g/mol. The van der Waals surface area contributed by atoms with Crippen molar-refractivity contribution in [3.63, 3.8) is 0 Å². The SMILES string of the molecule is CCNCC(=O)NCc1cc(N(C)C)c2c(c1O)C(O)=C1C(=O)[C@]3(O)C(O)=C(C(N)=O)C(=O)C(N(C)C)[C@@H]3C[C@@H]1C2. The summed E-state index contributed by atoms with van der Waals surface area (Å²) in [4.78, 5) is 54.8. The molecule has 0 saturated heterocycles. The molecule has 13 heteroatoms. The standard InChI is InChI=1S/C28H37N5O8/c1-6-30-11-17(34)31-10-13-9-16(32(2)3)14-7-12-8-15-21(33(4)5)24(37)20(27(29)40)26(39)28(15,41)25(38)18(12)23(36)19(14)22(13)35/h9,12,15,21,30,35-36,39,41H,6-8,10-11H2,1-5H3,(H2,29,40)(H,31,34)/t12-,15-,21?,28-/m0/s1. The number of primary amides is 1. The first-order valence-corrected chi connectivity index (χ1v) is 13.4. The van der Waals surface area contributed by atoms with Gasteiger partial charge in [0.2, 0.25) is 11.7 Å². The van der Waals surface area contributed by atoms with Gasteiger partial charge < -0.3 is 41.7 Å². The maximum atomic E-state index is 14.0. The van der Waals surface area contributed by atoms with Crippen LogP contribution in [0.5, 0.6) is 5.75 Å². The third-order valence-corrected chi connectivity index (χ3v) is 8.27. The summed E-state index contributed by atoms with van der Waals surface area (Å²) < 4.78 is 0. The van der Waals surface area contributed by atoms with Crippen LogP contribution in [0.4, 0.5) is 5.69 Å². The number of nitrogens with zero attached hydrogens (tertiary/aromatic N) is 2. The molecule has 1 aromatic carbocycles. The number of fused-ring (bicyclic) bond motifs is 3. The van der Waals surface area contributed by atoms with Gasteiger partial charge in [0.05, 0.1) is 18.2 Å². The van der Waals surface area contributed by atoms with Crippen molar-refractivity contribution in [1.29, 1.82) is 0 Å². The number of aliphatic hydroxyl groups is 3. The summed E-state index contributed by atoms with van der Waals surface area (Å²) in [5.74, 6) is -7.36. The highest BCUT2D eigenvalue weighted by Crippen LogP contribution is 2.54. The molecule has 1 fully saturated rings. The number of nitrogens with one attached hydrogen (secondary N) is 2. The zero-order chi connectivity index (χ0) is 30.5. The zero-order valence-corrected chi connectivity index (χ0v) is 23.7. The average molecular weight is 572 g/mol. The quantitative estimate of drug-likeness (QED) is 0.193. The molecule has 222 valence electrons. The van der Waals surface area contributed by atoms with Crippen LogP contribution in [0.1, 0.15) is 30.0 Å². The summed E-state index contributed by atoms with van der Waals surface area (Å²) >= 11 is 0. The van der Waals surface area contributed by atoms with Gasteiger partial charge in [0.1, 0.15) is 22.8 Å². The van der Waals surface area contributed by atoms with Crippen LogP contribution in [0.25, 0.3) is 5.76 Å². The number of phenols is 1. The Morgan fingerprint density at radius 3 is 2.37 bits per heavy atom. The van der Waals surface area contributed by atoms with Crippen molar-refractivity contribution < 1.29 is 39.6 Å². The Hall–Kier alpha value is -3.94. The van der Waals surface area contributed by atoms with Crippen LogP contribution >= 0.6 is 0 Å². The largest absolute Gasteiger partial charge is 0.508 e. The second-order valence-corrected chi connectivity index (χ2v) is 11.2. The average Bonchev–Trinajstić information content (AvgIpc) is 2.88. The number of rotatable bonds is 8. The van der Waals surface area contributed by atoms with Crippen molar-refractivity contribution in [2.24, 2.45) is 17.6 Å². The molecular formula is C28H37N5O8. The Morgan fingerprint density at radius 1 is 1.15 bits per heavy atom. The highest BCUT2D eigenvalue weighted by molar-refractivity contribution is 6.24. The number of hydrogen-bond donors (Lipinski definition) is 7. The molecule has 3 aliphatic carbocycles. The van der Waals surface area contributed by atoms with E-state index in [0.29, 0.717) is 17.8 Å². The topological polar surface area (TPSA) is 206 Å². The molecule has 1 aromatic rings. The molecule has 0 spiro atoms. The van der Waals surface area contributed by atoms with Crippen molar-refractivity contribution in [2.75, 3.05) is 46.2 Å². The van der Waals surface area contributed by atoms with Crippen LogP contribution in [-0.2, 0) is 32.1 Å². The fourth-order valence-electron chi connectivity index (χ4n) is 6.37. The van der Waals surface area contributed by atoms with Gasteiger partial charge in [-0.05, 0) is 51.0 Å². The van der Waals surface area contributed by atoms with E-state index in [1.807, 2.05) is 6.92 Å². The molecule has 13 nitrogen and oxygen atoms in total. The highest BCUT2D eigenvalue weighted by Gasteiger charge is 2.64. The number of likely N-dealkylation sites (N-methyl/N-ethyl adjacent to an activating group) is 2. The van der Waals surface area contributed by atoms with Gasteiger partial charge in [-0.3, -0.25) is 24.1 Å². The lowest BCUT2D eigenvalue weighted by molar-refractivity contribution is -0.153. The summed E-state index contributed by atoms with van der Waals surface area (Å²) in [7, 11) is 6.65. The van der Waals surface area contributed by atoms with Crippen LogP contribution in [0.3, 0.4) is 0 Å². The molecule has 3 aliphatic rings. The van der Waals surface area contributed by atoms with Crippen LogP contribution in [0, 0.1) is 11.8 Å². The van der Waals surface area contributed by atoms with Gasteiger partial charge in [0, 0.05) is 43.4 Å². The lowest BCUT2D eigenvalue weighted by Gasteiger charge is -2.50. The van der Waals surface area contributed by atoms with E-state index in [1.54, 1.807) is 39.2 Å². The number of amides is 2. The van der Waals surface area contributed by atoms with Gasteiger partial charge in [0.25, 0.3) is 5.91 Å². The number of ketones is 2. The molecule has 0 radical (unpaired) electrons. The van der Waals surface area contributed by atoms with Crippen molar-refractivity contribution in [3.05, 3.63) is 39.7 Å². The Kier molecular flexibility index (Phi) is 7.91. The number of carbonyl (C=O) groups excluding carboxylic acids is 4. The van der Waals surface area contributed by atoms with Crippen molar-refractivity contribution >= 4 is 34.8 Å². The minimum atomic E-state index is -2.71. The predicted octanol–water partition coefficient (Wildman–Crippen LogP) is -0.744. The smallest absolute Gasteiger partial charge is 0.255 e. The molecule has 0 aromatic heterocycles. The van der Waals surface area contributed by atoms with E-state index < -0.39 is 58.0 Å². The molecule has 0 bridgehead atoms. The number of phenolic OH excluding ortho intramolecular Hbond substituents is 1. The summed E-state index contributed by atoms with van der Waals surface area (Å²) in [5, 5.41) is 51.1. The molecule has 4 rings (SSSR count). The number of nitrogens with two attached hydrogens (primary N) is 1. The lowest BCUT2D eigenvalue weighted by atomic mass is 9.57. The third kappa shape index (κ3) is 4.63. The molecule has 0 aliphatic heterocycles. The van der Waals surface area contributed by atoms with E-state index in [0.717, 1.165) is 0 Å². The van der Waals surface area contributed by atoms with E-state index in [4.69, 9.17) is 5.73 Å². The summed E-state index contributed by atoms with van der Waals surface area (Å²) in [5.41, 5.74) is 3.01. The van der Waals surface area contributed by atoms with Gasteiger partial charge in [-0.1, -0.05) is 6.92 Å². The Labute approximate surface area is 237 Å². The van der Waals surface area contributed by atoms with Crippen LogP contribution in [-0.4, -0.2) is 102 Å². The molecule has 2 amide bonds. The number of aliphatic hydroxyl groups excluding tert-OH is 2. The highest BCUT2D eigenvalue weighted by atomic mass is 16.3. The Balaban J connectivity index is 1.89. The Bertz CT molecular complexity index is 1400. The van der Waals surface area contributed by atoms with Crippen molar-refractivity contribution in [3.8, 4) is 5.75 Å². The third-order valence-electron chi connectivity index (χ3n) is 8.27. The number of hydrogen-bond acceptors (Lipinski definition) is 11. The second kappa shape index (κ2) is 10.8. The molecule has 41 heavy (non-hydrogen) atoms. The van der Waals surface area contributed by atoms with Crippen molar-refractivity contribution in [2.45, 2.75) is 38.0 Å². The maximum absolute atomic E-state index is 14.0. The number of anilines is 1. The van der Waals surface area contributed by atoms with Gasteiger partial charge in [0.15, 0.2) is 11.4 Å². The number of benzene rings is 1. The summed E-state index contributed by atoms with van der Waals surface area (Å²) in [6, 6.07) is 0.545. The van der Waals surface area contributed by atoms with Crippen LogP contribution in [0.15, 0.2) is 23.0 Å². The molecule has 4 atom stereocenters. The van der Waals surface area contributed by atoms with E-state index in [2.05, 4.69) is 10.6 Å². The van der Waals surface area contributed by atoms with Gasteiger partial charge >= 0.3 is 0 Å². The maximum Gasteiger partial charge on any atom is 0.255 e. The zero-order valence-electron chi connectivity index (χ0n) is 23.7. The lowest BCUT2D eigenvalue weighted by Crippen LogP contribution is -2.65. The monoisotopic (exact) mass is 571 g/mol. The Morgan fingerprint density at radius 2 is 1.80 bits per heavy atom. The van der Waals surface area contributed by atoms with E-state index >= 15 is 0 Å². The van der Waals surface area contributed by atoms with Gasteiger partial charge in [-0.25, -0.2) is 0 Å². The molecule has 0 heterocycles. The first-order valence-electron chi connectivity index (χ1n) is 13.4. The molecule has 1 saturated carbocycles. The van der Waals surface area contributed by atoms with E-state index in [-0.39, 0.29) is 54.3 Å². The van der Waals surface area contributed by atoms with Crippen LogP contribution < -0.4 is 21.3 Å². The second-order valence-electron chi connectivity index (χ2n) is 11.2. The molecule has 1 unspecified atom stereocenters. The normalized spacial score (nSPS) is 25.6. The summed E-state index contributed by atoms with van der Waals surface area (Å²) in [6.45, 7) is 2.47. The number of aromatic hydroxyl groups is 1. The minimum Gasteiger partial charge on any atom is -0.508 e. The number of carbonyl (C=O) groups is 4. The minimum absolute atomic E-state index is 0.00162. The molecule has 8 N–H and O–H groups in total. The van der Waals surface area contributed by atoms with Gasteiger partial charge in [-0.15, -0.1) is 0 Å². The van der Waals surface area contributed by atoms with E-state index in [9.17, 15) is 39.6 Å². The summed E-state index contributed by atoms with van der Waals surface area (Å²) in [6.07, 6.45) is 0.171. The predicted molar refractivity (Wildman–Crippen MR) is 149 cm³/mol. The fourth-order valence-corrected chi connectivity index (χ4v) is 6.37. The van der Waals surface area contributed by atoms with Gasteiger partial charge in [-0.2, -0.15) is 0 Å². The first kappa shape index (κ1) is 30.0. The first-order chi connectivity index (χ1) is 19.2. The van der Waals surface area contributed by atoms with Crippen molar-refractivity contribution in [1.82, 2.24) is 15.5 Å². The van der Waals surface area contributed by atoms with E-state index in [1.165, 1.54) is 4.90 Å². The number of Topliss-reactive ketones (excluding diaryl/α,β-unsaturated/α-hetero) is 2. The fraction of sp³-hybridized carbons (Fsp3) is 0.500. The van der Waals surface area contributed by atoms with Crippen LogP contribution in [0.2, 0.25) is 0 Å².